The van der Waals surface area contributed by atoms with Gasteiger partial charge in [-0.05, 0) is 50.5 Å². The summed E-state index contributed by atoms with van der Waals surface area (Å²) >= 11 is 1.62. The monoisotopic (exact) mass is 643 g/mol. The van der Waals surface area contributed by atoms with Gasteiger partial charge in [0.2, 0.25) is 11.8 Å². The second-order valence-corrected chi connectivity index (χ2v) is 13.3. The third-order valence-corrected chi connectivity index (χ3v) is 9.79. The number of benzene rings is 4. The van der Waals surface area contributed by atoms with Gasteiger partial charge in [0.15, 0.2) is 11.0 Å². The maximum Gasteiger partial charge on any atom is 0.234 e. The average molecular weight is 644 g/mol. The van der Waals surface area contributed by atoms with Gasteiger partial charge in [-0.15, -0.1) is 10.2 Å². The molecule has 7 nitrogen and oxygen atoms in total. The number of aryl methyl sites for hydroxylation is 2. The Balaban J connectivity index is 1.07. The number of thioether (sulfide) groups is 1. The highest BCUT2D eigenvalue weighted by Crippen LogP contribution is 2.30. The molecular weight excluding hydrogens is 603 g/mol. The lowest BCUT2D eigenvalue weighted by Crippen LogP contribution is -2.56. The summed E-state index contributed by atoms with van der Waals surface area (Å²) in [6, 6.07) is 36.6. The number of amides is 2. The number of carbonyl (C=O) groups excluding carboxylic acids is 2. The number of carbonyl (C=O) groups is 2. The van der Waals surface area contributed by atoms with Crippen molar-refractivity contribution >= 4 is 23.6 Å². The summed E-state index contributed by atoms with van der Waals surface area (Å²) in [5.74, 6) is 1.39. The van der Waals surface area contributed by atoms with Crippen LogP contribution in [-0.2, 0) is 9.59 Å². The first kappa shape index (κ1) is 32.3. The minimum atomic E-state index is -0.368. The van der Waals surface area contributed by atoms with Gasteiger partial charge in [-0.3, -0.25) is 14.2 Å². The maximum absolute atomic E-state index is 14.0. The van der Waals surface area contributed by atoms with Gasteiger partial charge in [-0.25, -0.2) is 0 Å². The zero-order valence-corrected chi connectivity index (χ0v) is 28.1. The average Bonchev–Trinajstić information content (AvgIpc) is 3.52. The van der Waals surface area contributed by atoms with Crippen molar-refractivity contribution < 1.29 is 9.59 Å². The van der Waals surface area contributed by atoms with Crippen molar-refractivity contribution in [3.05, 3.63) is 131 Å². The molecule has 0 N–H and O–H groups in total. The van der Waals surface area contributed by atoms with Gasteiger partial charge in [0.1, 0.15) is 0 Å². The van der Waals surface area contributed by atoms with Crippen LogP contribution in [0.5, 0.6) is 0 Å². The van der Waals surface area contributed by atoms with E-state index in [2.05, 4.69) is 77.1 Å². The van der Waals surface area contributed by atoms with Gasteiger partial charge in [0.25, 0.3) is 0 Å². The molecule has 6 rings (SSSR count). The summed E-state index contributed by atoms with van der Waals surface area (Å²) in [5.41, 5.74) is 6.37. The summed E-state index contributed by atoms with van der Waals surface area (Å²) in [4.78, 5) is 31.2. The Morgan fingerprint density at radius 1 is 0.787 bits per heavy atom. The molecule has 0 bridgehead atoms. The van der Waals surface area contributed by atoms with Crippen LogP contribution in [0.15, 0.2) is 114 Å². The fraction of sp³-hybridized carbons (Fsp3) is 0.282. The number of nitrogens with zero attached hydrogens (tertiary/aromatic N) is 5. The Labute approximate surface area is 281 Å². The van der Waals surface area contributed by atoms with Crippen LogP contribution in [0, 0.1) is 13.8 Å². The van der Waals surface area contributed by atoms with E-state index < -0.39 is 0 Å². The predicted molar refractivity (Wildman–Crippen MR) is 189 cm³/mol. The molecule has 0 saturated carbocycles. The quantitative estimate of drug-likeness (QED) is 0.118. The molecule has 8 heteroatoms. The second-order valence-electron chi connectivity index (χ2n) is 12.3. The van der Waals surface area contributed by atoms with Crippen molar-refractivity contribution in [2.24, 2.45) is 0 Å². The van der Waals surface area contributed by atoms with Crippen molar-refractivity contribution in [1.29, 1.82) is 0 Å². The zero-order valence-electron chi connectivity index (χ0n) is 27.3. The zero-order chi connectivity index (χ0) is 32.8. The molecule has 5 aromatic rings. The molecule has 1 fully saturated rings. The first-order valence-corrected chi connectivity index (χ1v) is 17.3. The van der Waals surface area contributed by atoms with Gasteiger partial charge < -0.3 is 9.80 Å². The number of aromatic nitrogens is 3. The van der Waals surface area contributed by atoms with Crippen LogP contribution in [-0.4, -0.2) is 67.8 Å². The molecule has 2 heterocycles. The molecule has 0 radical (unpaired) electrons. The summed E-state index contributed by atoms with van der Waals surface area (Å²) < 4.78 is 2.10. The van der Waals surface area contributed by atoms with E-state index in [9.17, 15) is 9.59 Å². The van der Waals surface area contributed by atoms with Gasteiger partial charge in [-0.2, -0.15) is 0 Å². The molecule has 1 aliphatic rings. The SMILES string of the molecule is Cc1ccc(-c2nnc(SCCCC(=O)N3CCN(C(=O)C(c4ccccc4)c4ccccc4)C(C)C3)n2-c2ccc(C)cc2)cc1. The minimum Gasteiger partial charge on any atom is -0.339 e. The third kappa shape index (κ3) is 7.49. The highest BCUT2D eigenvalue weighted by atomic mass is 32.2. The van der Waals surface area contributed by atoms with Crippen LogP contribution in [0.3, 0.4) is 0 Å². The molecule has 1 aromatic heterocycles. The fourth-order valence-electron chi connectivity index (χ4n) is 6.17. The highest BCUT2D eigenvalue weighted by Gasteiger charge is 2.34. The molecule has 2 amide bonds. The van der Waals surface area contributed by atoms with E-state index in [-0.39, 0.29) is 23.8 Å². The van der Waals surface area contributed by atoms with Gasteiger partial charge in [0, 0.05) is 49.1 Å². The van der Waals surface area contributed by atoms with Crippen molar-refractivity contribution in [3.8, 4) is 17.1 Å². The Hall–Kier alpha value is -4.69. The van der Waals surface area contributed by atoms with Crippen molar-refractivity contribution in [3.63, 3.8) is 0 Å². The van der Waals surface area contributed by atoms with E-state index in [1.807, 2.05) is 77.4 Å². The minimum absolute atomic E-state index is 0.0715. The maximum atomic E-state index is 14.0. The topological polar surface area (TPSA) is 71.3 Å². The van der Waals surface area contributed by atoms with Crippen LogP contribution < -0.4 is 0 Å². The molecule has 240 valence electrons. The van der Waals surface area contributed by atoms with Crippen LogP contribution in [0.2, 0.25) is 0 Å². The van der Waals surface area contributed by atoms with Gasteiger partial charge in [-0.1, -0.05) is 120 Å². The number of hydrogen-bond donors (Lipinski definition) is 0. The van der Waals surface area contributed by atoms with Crippen LogP contribution >= 0.6 is 11.8 Å². The third-order valence-electron chi connectivity index (χ3n) is 8.78. The lowest BCUT2D eigenvalue weighted by molar-refractivity contribution is -0.142. The number of hydrogen-bond acceptors (Lipinski definition) is 5. The molecule has 1 aliphatic heterocycles. The van der Waals surface area contributed by atoms with E-state index in [1.165, 1.54) is 11.1 Å². The molecule has 0 aliphatic carbocycles. The molecule has 47 heavy (non-hydrogen) atoms. The van der Waals surface area contributed by atoms with E-state index in [0.29, 0.717) is 26.1 Å². The Bertz CT molecular complexity index is 1750. The lowest BCUT2D eigenvalue weighted by atomic mass is 9.89. The summed E-state index contributed by atoms with van der Waals surface area (Å²) in [5, 5.41) is 9.93. The summed E-state index contributed by atoms with van der Waals surface area (Å²) in [7, 11) is 0. The summed E-state index contributed by atoms with van der Waals surface area (Å²) in [6.07, 6.45) is 1.18. The molecular formula is C39H41N5O2S. The normalized spacial score (nSPS) is 14.9. The number of piperazine rings is 1. The fourth-order valence-corrected chi connectivity index (χ4v) is 7.06. The second kappa shape index (κ2) is 14.8. The van der Waals surface area contributed by atoms with E-state index in [4.69, 9.17) is 0 Å². The van der Waals surface area contributed by atoms with Crippen molar-refractivity contribution in [2.75, 3.05) is 25.4 Å². The van der Waals surface area contributed by atoms with Crippen LogP contribution in [0.25, 0.3) is 17.1 Å². The predicted octanol–water partition coefficient (Wildman–Crippen LogP) is 7.31. The summed E-state index contributed by atoms with van der Waals surface area (Å²) in [6.45, 7) is 7.80. The molecule has 4 aromatic carbocycles. The first-order chi connectivity index (χ1) is 22.9. The smallest absolute Gasteiger partial charge is 0.234 e. The van der Waals surface area contributed by atoms with E-state index >= 15 is 0 Å². The number of rotatable bonds is 10. The van der Waals surface area contributed by atoms with Crippen LogP contribution in [0.4, 0.5) is 0 Å². The molecule has 1 unspecified atom stereocenters. The van der Waals surface area contributed by atoms with Crippen molar-refractivity contribution in [2.45, 2.75) is 50.7 Å². The Morgan fingerprint density at radius 3 is 1.98 bits per heavy atom. The molecule has 0 spiro atoms. The van der Waals surface area contributed by atoms with Gasteiger partial charge >= 0.3 is 0 Å². The lowest BCUT2D eigenvalue weighted by Gasteiger charge is -2.41. The van der Waals surface area contributed by atoms with E-state index in [0.717, 1.165) is 45.5 Å². The highest BCUT2D eigenvalue weighted by molar-refractivity contribution is 7.99. The first-order valence-electron chi connectivity index (χ1n) is 16.3. The van der Waals surface area contributed by atoms with Crippen LogP contribution in [0.1, 0.15) is 47.9 Å². The van der Waals surface area contributed by atoms with E-state index in [1.54, 1.807) is 11.8 Å². The Morgan fingerprint density at radius 2 is 1.38 bits per heavy atom. The van der Waals surface area contributed by atoms with Gasteiger partial charge in [0.05, 0.1) is 5.92 Å². The standard InChI is InChI=1S/C39H41N5O2S/c1-28-16-20-33(21-17-28)37-40-41-39(44(37)34-22-18-29(2)19-23-34)47-26-10-15-35(45)42-24-25-43(30(3)27-42)38(46)36(31-11-6-4-7-12-31)32-13-8-5-9-14-32/h4-9,11-14,16-23,30,36H,10,15,24-27H2,1-3H3. The molecule has 1 saturated heterocycles. The molecule has 1 atom stereocenters. The Kier molecular flexibility index (Phi) is 10.2. The largest absolute Gasteiger partial charge is 0.339 e. The van der Waals surface area contributed by atoms with Crippen molar-refractivity contribution in [1.82, 2.24) is 24.6 Å².